The third kappa shape index (κ3) is 2.47. The van der Waals surface area contributed by atoms with Crippen molar-refractivity contribution in [1.29, 1.82) is 0 Å². The minimum atomic E-state index is -0.732. The number of hydrogen-bond acceptors (Lipinski definition) is 2. The Labute approximate surface area is 99.9 Å². The zero-order valence-corrected chi connectivity index (χ0v) is 9.93. The van der Waals surface area contributed by atoms with Gasteiger partial charge in [0.2, 0.25) is 0 Å². The molecule has 2 rings (SSSR count). The number of carbonyl (C=O) groups is 1. The van der Waals surface area contributed by atoms with Crippen molar-refractivity contribution in [1.82, 2.24) is 4.90 Å². The van der Waals surface area contributed by atoms with Gasteiger partial charge in [0.25, 0.3) is 0 Å². The van der Waals surface area contributed by atoms with E-state index in [1.54, 1.807) is 12.1 Å². The highest BCUT2D eigenvalue weighted by molar-refractivity contribution is 5.73. The van der Waals surface area contributed by atoms with Gasteiger partial charge in [0.05, 0.1) is 5.92 Å². The lowest BCUT2D eigenvalue weighted by Gasteiger charge is -2.25. The quantitative estimate of drug-likeness (QED) is 0.872. The highest BCUT2D eigenvalue weighted by Gasteiger charge is 2.49. The molecule has 0 aromatic heterocycles. The summed E-state index contributed by atoms with van der Waals surface area (Å²) in [5, 5.41) is 8.97. The molecular weight excluding hydrogens is 221 g/mol. The minimum absolute atomic E-state index is 0.0525. The second-order valence-corrected chi connectivity index (χ2v) is 4.80. The van der Waals surface area contributed by atoms with Crippen LogP contribution in [0.5, 0.6) is 0 Å². The molecule has 17 heavy (non-hydrogen) atoms. The first kappa shape index (κ1) is 12.0. The molecule has 3 atom stereocenters. The van der Waals surface area contributed by atoms with Crippen LogP contribution in [-0.4, -0.2) is 30.1 Å². The normalized spacial score (nSPS) is 24.7. The van der Waals surface area contributed by atoms with Crippen LogP contribution < -0.4 is 0 Å². The van der Waals surface area contributed by atoms with E-state index in [-0.39, 0.29) is 23.7 Å². The lowest BCUT2D eigenvalue weighted by Crippen LogP contribution is -2.23. The average Bonchev–Trinajstić information content (AvgIpc) is 3.01. The van der Waals surface area contributed by atoms with Gasteiger partial charge in [-0.15, -0.1) is 0 Å². The summed E-state index contributed by atoms with van der Waals surface area (Å²) >= 11 is 0. The van der Waals surface area contributed by atoms with Crippen molar-refractivity contribution in [2.75, 3.05) is 14.1 Å². The molecule has 1 aromatic rings. The number of aliphatic carboxylic acids is 1. The van der Waals surface area contributed by atoms with Gasteiger partial charge in [0.1, 0.15) is 5.82 Å². The summed E-state index contributed by atoms with van der Waals surface area (Å²) in [6, 6.07) is 6.36. The predicted octanol–water partition coefficient (Wildman–Crippen LogP) is 2.15. The van der Waals surface area contributed by atoms with Crippen molar-refractivity contribution in [2.45, 2.75) is 12.5 Å². The molecule has 0 heterocycles. The third-order valence-corrected chi connectivity index (χ3v) is 3.33. The van der Waals surface area contributed by atoms with Crippen molar-refractivity contribution < 1.29 is 14.3 Å². The smallest absolute Gasteiger partial charge is 0.306 e. The van der Waals surface area contributed by atoms with Crippen molar-refractivity contribution in [2.24, 2.45) is 11.8 Å². The van der Waals surface area contributed by atoms with Crippen LogP contribution in [0.25, 0.3) is 0 Å². The summed E-state index contributed by atoms with van der Waals surface area (Å²) in [6.45, 7) is 0. The Morgan fingerprint density at radius 3 is 2.41 bits per heavy atom. The maximum atomic E-state index is 12.9. The molecule has 3 unspecified atom stereocenters. The summed E-state index contributed by atoms with van der Waals surface area (Å²) in [5.74, 6) is -1.12. The summed E-state index contributed by atoms with van der Waals surface area (Å²) in [7, 11) is 3.84. The fourth-order valence-corrected chi connectivity index (χ4v) is 2.44. The highest BCUT2D eigenvalue weighted by Crippen LogP contribution is 2.49. The van der Waals surface area contributed by atoms with E-state index < -0.39 is 5.97 Å². The number of carboxylic acid groups (broad SMARTS) is 1. The number of nitrogens with zero attached hydrogens (tertiary/aromatic N) is 1. The second kappa shape index (κ2) is 4.45. The van der Waals surface area contributed by atoms with Crippen LogP contribution >= 0.6 is 0 Å². The topological polar surface area (TPSA) is 40.5 Å². The molecule has 1 fully saturated rings. The van der Waals surface area contributed by atoms with Crippen molar-refractivity contribution >= 4 is 5.97 Å². The van der Waals surface area contributed by atoms with Gasteiger partial charge in [-0.05, 0) is 44.1 Å². The Hall–Kier alpha value is -1.42. The van der Waals surface area contributed by atoms with E-state index in [0.717, 1.165) is 5.56 Å². The third-order valence-electron chi connectivity index (χ3n) is 3.33. The molecule has 1 aliphatic carbocycles. The lowest BCUT2D eigenvalue weighted by atomic mass is 10.00. The molecule has 1 saturated carbocycles. The molecule has 92 valence electrons. The van der Waals surface area contributed by atoms with Crippen molar-refractivity contribution in [3.05, 3.63) is 35.6 Å². The number of rotatable bonds is 4. The monoisotopic (exact) mass is 237 g/mol. The zero-order valence-electron chi connectivity index (χ0n) is 9.93. The maximum absolute atomic E-state index is 12.9. The van der Waals surface area contributed by atoms with E-state index in [2.05, 4.69) is 0 Å². The van der Waals surface area contributed by atoms with Gasteiger partial charge in [0.15, 0.2) is 0 Å². The second-order valence-electron chi connectivity index (χ2n) is 4.80. The summed E-state index contributed by atoms with van der Waals surface area (Å²) in [4.78, 5) is 12.9. The molecular formula is C13H16FNO2. The number of carboxylic acids is 1. The SMILES string of the molecule is CN(C)C(c1ccc(F)cc1)C1CC1C(=O)O. The molecule has 0 aliphatic heterocycles. The van der Waals surface area contributed by atoms with E-state index in [1.165, 1.54) is 12.1 Å². The molecule has 0 saturated heterocycles. The van der Waals surface area contributed by atoms with Gasteiger partial charge in [-0.2, -0.15) is 0 Å². The fraction of sp³-hybridized carbons (Fsp3) is 0.462. The van der Waals surface area contributed by atoms with Gasteiger partial charge < -0.3 is 10.0 Å². The van der Waals surface area contributed by atoms with Crippen LogP contribution in [0.4, 0.5) is 4.39 Å². The fourth-order valence-electron chi connectivity index (χ4n) is 2.44. The summed E-state index contributed by atoms with van der Waals surface area (Å²) < 4.78 is 12.9. The molecule has 0 bridgehead atoms. The molecule has 1 aliphatic rings. The molecule has 3 nitrogen and oxygen atoms in total. The molecule has 1 aromatic carbocycles. The first-order valence-corrected chi connectivity index (χ1v) is 5.65. The minimum Gasteiger partial charge on any atom is -0.481 e. The van der Waals surface area contributed by atoms with Gasteiger partial charge in [-0.25, -0.2) is 4.39 Å². The Morgan fingerprint density at radius 1 is 1.41 bits per heavy atom. The van der Waals surface area contributed by atoms with Crippen LogP contribution in [-0.2, 0) is 4.79 Å². The van der Waals surface area contributed by atoms with E-state index >= 15 is 0 Å². The van der Waals surface area contributed by atoms with Crippen LogP contribution in [0.1, 0.15) is 18.0 Å². The van der Waals surface area contributed by atoms with E-state index in [4.69, 9.17) is 5.11 Å². The molecule has 0 amide bonds. The number of benzene rings is 1. The Kier molecular flexibility index (Phi) is 3.15. The average molecular weight is 237 g/mol. The zero-order chi connectivity index (χ0) is 12.6. The van der Waals surface area contributed by atoms with E-state index in [0.29, 0.717) is 6.42 Å². The van der Waals surface area contributed by atoms with Crippen LogP contribution in [0.3, 0.4) is 0 Å². The van der Waals surface area contributed by atoms with Crippen molar-refractivity contribution in [3.63, 3.8) is 0 Å². The molecule has 0 radical (unpaired) electrons. The van der Waals surface area contributed by atoms with Crippen LogP contribution in [0, 0.1) is 17.7 Å². The van der Waals surface area contributed by atoms with Gasteiger partial charge >= 0.3 is 5.97 Å². The largest absolute Gasteiger partial charge is 0.481 e. The Morgan fingerprint density at radius 2 is 2.00 bits per heavy atom. The number of hydrogen-bond donors (Lipinski definition) is 1. The van der Waals surface area contributed by atoms with Gasteiger partial charge in [-0.3, -0.25) is 4.79 Å². The predicted molar refractivity (Wildman–Crippen MR) is 62.1 cm³/mol. The lowest BCUT2D eigenvalue weighted by molar-refractivity contribution is -0.139. The number of halogens is 1. The highest BCUT2D eigenvalue weighted by atomic mass is 19.1. The van der Waals surface area contributed by atoms with Crippen LogP contribution in [0.15, 0.2) is 24.3 Å². The Bertz CT molecular complexity index is 416. The molecule has 1 N–H and O–H groups in total. The first-order chi connectivity index (χ1) is 8.00. The molecule has 4 heteroatoms. The maximum Gasteiger partial charge on any atom is 0.306 e. The molecule has 0 spiro atoms. The standard InChI is InChI=1S/C13H16FNO2/c1-15(2)12(10-7-11(10)13(16)17)8-3-5-9(14)6-4-8/h3-6,10-12H,7H2,1-2H3,(H,16,17). The Balaban J connectivity index is 2.19. The van der Waals surface area contributed by atoms with Crippen LogP contribution in [0.2, 0.25) is 0 Å². The van der Waals surface area contributed by atoms with Gasteiger partial charge in [-0.1, -0.05) is 12.1 Å². The van der Waals surface area contributed by atoms with Gasteiger partial charge in [0, 0.05) is 6.04 Å². The van der Waals surface area contributed by atoms with E-state index in [1.807, 2.05) is 19.0 Å². The first-order valence-electron chi connectivity index (χ1n) is 5.65. The summed E-state index contributed by atoms with van der Waals surface area (Å²) in [6.07, 6.45) is 0.704. The summed E-state index contributed by atoms with van der Waals surface area (Å²) in [5.41, 5.74) is 0.977. The van der Waals surface area contributed by atoms with E-state index in [9.17, 15) is 9.18 Å². The van der Waals surface area contributed by atoms with Crippen molar-refractivity contribution in [3.8, 4) is 0 Å².